The van der Waals surface area contributed by atoms with Crippen LogP contribution in [0.1, 0.15) is 27.2 Å². The van der Waals surface area contributed by atoms with Gasteiger partial charge in [-0.25, -0.2) is 0 Å². The van der Waals surface area contributed by atoms with E-state index in [0.29, 0.717) is 6.04 Å². The first-order chi connectivity index (χ1) is 5.70. The largest absolute Gasteiger partial charge is 0.404 e. The van der Waals surface area contributed by atoms with Crippen LogP contribution in [0, 0.1) is 0 Å². The van der Waals surface area contributed by atoms with E-state index < -0.39 is 0 Å². The monoisotopic (exact) mass is 169 g/mol. The van der Waals surface area contributed by atoms with E-state index in [-0.39, 0.29) is 0 Å². The Labute approximate surface area is 74.8 Å². The number of amidine groups is 1. The average Bonchev–Trinajstić information content (AvgIpc) is 2.00. The van der Waals surface area contributed by atoms with E-state index >= 15 is 0 Å². The molecule has 12 heavy (non-hydrogen) atoms. The summed E-state index contributed by atoms with van der Waals surface area (Å²) in [5.41, 5.74) is 5.28. The van der Waals surface area contributed by atoms with Gasteiger partial charge in [-0.2, -0.15) is 0 Å². The average molecular weight is 169 g/mol. The van der Waals surface area contributed by atoms with Gasteiger partial charge in [0, 0.05) is 12.6 Å². The third-order valence-corrected chi connectivity index (χ3v) is 1.20. The van der Waals surface area contributed by atoms with Gasteiger partial charge in [-0.15, -0.1) is 0 Å². The molecule has 3 heteroatoms. The molecule has 0 bridgehead atoms. The first kappa shape index (κ1) is 11.0. The van der Waals surface area contributed by atoms with Crippen LogP contribution in [0.25, 0.3) is 0 Å². The summed E-state index contributed by atoms with van der Waals surface area (Å²) in [6.45, 7) is 7.10. The summed E-state index contributed by atoms with van der Waals surface area (Å²) in [4.78, 5) is 4.31. The molecule has 0 amide bonds. The van der Waals surface area contributed by atoms with E-state index in [1.807, 2.05) is 0 Å². The molecule has 0 saturated heterocycles. The Morgan fingerprint density at radius 2 is 2.25 bits per heavy atom. The fourth-order valence-corrected chi connectivity index (χ4v) is 0.766. The normalized spacial score (nSPS) is 12.8. The zero-order valence-electron chi connectivity index (χ0n) is 8.17. The van der Waals surface area contributed by atoms with Gasteiger partial charge in [0.05, 0.1) is 0 Å². The highest BCUT2D eigenvalue weighted by atomic mass is 15.0. The lowest BCUT2D eigenvalue weighted by molar-refractivity contribution is 0.730. The lowest BCUT2D eigenvalue weighted by Gasteiger charge is -2.09. The molecule has 0 spiro atoms. The van der Waals surface area contributed by atoms with Gasteiger partial charge in [0.2, 0.25) is 0 Å². The van der Waals surface area contributed by atoms with Crippen molar-refractivity contribution in [3.05, 3.63) is 12.3 Å². The van der Waals surface area contributed by atoms with Crippen molar-refractivity contribution in [3.8, 4) is 0 Å². The van der Waals surface area contributed by atoms with Crippen LogP contribution in [0.2, 0.25) is 0 Å². The Hall–Kier alpha value is -0.990. The molecule has 0 heterocycles. The van der Waals surface area contributed by atoms with Crippen molar-refractivity contribution >= 4 is 5.84 Å². The second-order valence-corrected chi connectivity index (χ2v) is 2.93. The van der Waals surface area contributed by atoms with Gasteiger partial charge in [0.15, 0.2) is 0 Å². The third kappa shape index (κ3) is 5.77. The van der Waals surface area contributed by atoms with Crippen molar-refractivity contribution in [1.82, 2.24) is 5.32 Å². The Morgan fingerprint density at radius 1 is 1.58 bits per heavy atom. The summed E-state index contributed by atoms with van der Waals surface area (Å²) < 4.78 is 0. The van der Waals surface area contributed by atoms with Crippen molar-refractivity contribution in [3.63, 3.8) is 0 Å². The minimum atomic E-state index is 0.400. The summed E-state index contributed by atoms with van der Waals surface area (Å²) >= 11 is 0. The SMILES string of the molecule is CCCN=C(/C=C\N)NC(C)C. The van der Waals surface area contributed by atoms with Crippen molar-refractivity contribution < 1.29 is 0 Å². The van der Waals surface area contributed by atoms with Gasteiger partial charge in [-0.1, -0.05) is 6.92 Å². The molecule has 0 rings (SSSR count). The quantitative estimate of drug-likeness (QED) is 0.492. The molecule has 0 aromatic rings. The zero-order chi connectivity index (χ0) is 9.40. The maximum Gasteiger partial charge on any atom is 0.122 e. The number of nitrogens with two attached hydrogens (primary N) is 1. The minimum absolute atomic E-state index is 0.400. The van der Waals surface area contributed by atoms with Gasteiger partial charge >= 0.3 is 0 Å². The first-order valence-electron chi connectivity index (χ1n) is 4.40. The predicted octanol–water partition coefficient (Wildman–Crippen LogP) is 1.27. The highest BCUT2D eigenvalue weighted by molar-refractivity contribution is 5.92. The van der Waals surface area contributed by atoms with Crippen LogP contribution in [0.3, 0.4) is 0 Å². The van der Waals surface area contributed by atoms with Gasteiger partial charge in [-0.3, -0.25) is 4.99 Å². The molecular weight excluding hydrogens is 150 g/mol. The molecule has 0 unspecified atom stereocenters. The molecule has 70 valence electrons. The van der Waals surface area contributed by atoms with Crippen LogP contribution in [-0.4, -0.2) is 18.4 Å². The standard InChI is InChI=1S/C9H19N3/c1-4-7-11-9(5-6-10)12-8(2)3/h5-6,8H,4,7,10H2,1-3H3,(H,11,12)/b6-5-. The smallest absolute Gasteiger partial charge is 0.122 e. The topological polar surface area (TPSA) is 50.4 Å². The number of nitrogens with one attached hydrogen (secondary N) is 1. The van der Waals surface area contributed by atoms with Gasteiger partial charge in [0.1, 0.15) is 5.84 Å². The molecule has 0 aromatic carbocycles. The zero-order valence-corrected chi connectivity index (χ0v) is 8.17. The minimum Gasteiger partial charge on any atom is -0.404 e. The molecular formula is C9H19N3. The van der Waals surface area contributed by atoms with Crippen LogP contribution >= 0.6 is 0 Å². The molecule has 0 fully saturated rings. The molecule has 0 radical (unpaired) electrons. The number of rotatable bonds is 4. The molecule has 3 nitrogen and oxygen atoms in total. The Morgan fingerprint density at radius 3 is 2.67 bits per heavy atom. The first-order valence-corrected chi connectivity index (χ1v) is 4.40. The highest BCUT2D eigenvalue weighted by Gasteiger charge is 1.94. The summed E-state index contributed by atoms with van der Waals surface area (Å²) in [5.74, 6) is 0.870. The summed E-state index contributed by atoms with van der Waals surface area (Å²) in [6, 6.07) is 0.400. The second kappa shape index (κ2) is 6.70. The van der Waals surface area contributed by atoms with Crippen molar-refractivity contribution in [2.45, 2.75) is 33.2 Å². The van der Waals surface area contributed by atoms with Crippen LogP contribution in [0.4, 0.5) is 0 Å². The maximum absolute atomic E-state index is 5.28. The lowest BCUT2D eigenvalue weighted by atomic mass is 10.3. The number of aliphatic imine (C=N–C) groups is 1. The van der Waals surface area contributed by atoms with Crippen LogP contribution in [0.15, 0.2) is 17.3 Å². The molecule has 0 aliphatic rings. The van der Waals surface area contributed by atoms with Crippen molar-refractivity contribution in [2.24, 2.45) is 10.7 Å². The van der Waals surface area contributed by atoms with Crippen molar-refractivity contribution in [1.29, 1.82) is 0 Å². The van der Waals surface area contributed by atoms with E-state index in [1.165, 1.54) is 6.20 Å². The Balaban J connectivity index is 4.02. The maximum atomic E-state index is 5.28. The highest BCUT2D eigenvalue weighted by Crippen LogP contribution is 1.85. The van der Waals surface area contributed by atoms with Gasteiger partial charge in [-0.05, 0) is 32.5 Å². The van der Waals surface area contributed by atoms with E-state index in [0.717, 1.165) is 18.8 Å². The van der Waals surface area contributed by atoms with Gasteiger partial charge in [0.25, 0.3) is 0 Å². The molecule has 3 N–H and O–H groups in total. The molecule has 0 aliphatic carbocycles. The fourth-order valence-electron chi connectivity index (χ4n) is 0.766. The third-order valence-electron chi connectivity index (χ3n) is 1.20. The van der Waals surface area contributed by atoms with Crippen LogP contribution in [-0.2, 0) is 0 Å². The fraction of sp³-hybridized carbons (Fsp3) is 0.667. The number of hydrogen-bond acceptors (Lipinski definition) is 2. The molecule has 0 aromatic heterocycles. The van der Waals surface area contributed by atoms with Gasteiger partial charge < -0.3 is 11.1 Å². The summed E-state index contributed by atoms with van der Waals surface area (Å²) in [5, 5.41) is 3.20. The molecule has 0 saturated carbocycles. The molecule has 0 aliphatic heterocycles. The second-order valence-electron chi connectivity index (χ2n) is 2.93. The van der Waals surface area contributed by atoms with E-state index in [2.05, 4.69) is 31.1 Å². The van der Waals surface area contributed by atoms with E-state index in [9.17, 15) is 0 Å². The lowest BCUT2D eigenvalue weighted by Crippen LogP contribution is -2.29. The van der Waals surface area contributed by atoms with E-state index in [1.54, 1.807) is 6.08 Å². The predicted molar refractivity (Wildman–Crippen MR) is 54.2 cm³/mol. The Kier molecular flexibility index (Phi) is 6.15. The van der Waals surface area contributed by atoms with E-state index in [4.69, 9.17) is 5.73 Å². The van der Waals surface area contributed by atoms with Crippen LogP contribution < -0.4 is 11.1 Å². The molecule has 0 atom stereocenters. The summed E-state index contributed by atoms with van der Waals surface area (Å²) in [7, 11) is 0. The van der Waals surface area contributed by atoms with Crippen LogP contribution in [0.5, 0.6) is 0 Å². The number of hydrogen-bond donors (Lipinski definition) is 2. The Bertz CT molecular complexity index is 159. The van der Waals surface area contributed by atoms with Crippen molar-refractivity contribution in [2.75, 3.05) is 6.54 Å². The number of nitrogens with zero attached hydrogens (tertiary/aromatic N) is 1. The summed E-state index contributed by atoms with van der Waals surface area (Å²) in [6.07, 6.45) is 4.35.